The van der Waals surface area contributed by atoms with Crippen molar-refractivity contribution in [3.8, 4) is 5.75 Å². The molecule has 0 aliphatic carbocycles. The maximum atomic E-state index is 8.60. The number of hydrogen-bond acceptors (Lipinski definition) is 3. The highest BCUT2D eigenvalue weighted by Gasteiger charge is 2.08. The zero-order valence-electron chi connectivity index (χ0n) is 8.88. The third-order valence-electron chi connectivity index (χ3n) is 2.07. The van der Waals surface area contributed by atoms with Crippen LogP contribution in [0, 0.1) is 0 Å². The van der Waals surface area contributed by atoms with Crippen LogP contribution in [0.2, 0.25) is 10.0 Å². The van der Waals surface area contributed by atoms with Gasteiger partial charge in [0.2, 0.25) is 0 Å². The van der Waals surface area contributed by atoms with Gasteiger partial charge in [-0.2, -0.15) is 0 Å². The number of unbranched alkanes of at least 4 members (excludes halogenated alkanes) is 2. The van der Waals surface area contributed by atoms with Crippen LogP contribution in [0.4, 0.5) is 5.69 Å². The summed E-state index contributed by atoms with van der Waals surface area (Å²) < 4.78 is 5.47. The van der Waals surface area contributed by atoms with Crippen molar-refractivity contribution in [2.24, 2.45) is 0 Å². The first-order chi connectivity index (χ1) is 7.65. The molecule has 3 N–H and O–H groups in total. The number of aliphatic hydroxyl groups is 1. The van der Waals surface area contributed by atoms with Gasteiger partial charge in [0, 0.05) is 12.3 Å². The van der Waals surface area contributed by atoms with Gasteiger partial charge in [-0.05, 0) is 31.4 Å². The highest BCUT2D eigenvalue weighted by atomic mass is 35.5. The lowest BCUT2D eigenvalue weighted by molar-refractivity contribution is 0.266. The van der Waals surface area contributed by atoms with E-state index in [1.807, 2.05) is 0 Å². The Kier molecular flexibility index (Phi) is 5.74. The van der Waals surface area contributed by atoms with Crippen LogP contribution in [-0.2, 0) is 0 Å². The number of anilines is 1. The molecule has 0 heterocycles. The summed E-state index contributed by atoms with van der Waals surface area (Å²) in [6.45, 7) is 0.743. The van der Waals surface area contributed by atoms with E-state index in [1.54, 1.807) is 12.1 Å². The average Bonchev–Trinajstić information content (AvgIpc) is 2.20. The van der Waals surface area contributed by atoms with Gasteiger partial charge in [0.25, 0.3) is 0 Å². The largest absolute Gasteiger partial charge is 0.490 e. The van der Waals surface area contributed by atoms with E-state index in [1.165, 1.54) is 0 Å². The average molecular weight is 264 g/mol. The highest BCUT2D eigenvalue weighted by Crippen LogP contribution is 2.35. The summed E-state index contributed by atoms with van der Waals surface area (Å²) in [5.41, 5.74) is 6.09. The van der Waals surface area contributed by atoms with E-state index in [-0.39, 0.29) is 6.61 Å². The maximum absolute atomic E-state index is 8.60. The Bertz CT molecular complexity index is 322. The van der Waals surface area contributed by atoms with Crippen molar-refractivity contribution < 1.29 is 9.84 Å². The molecule has 0 aliphatic rings. The SMILES string of the molecule is Nc1cc(Cl)c(OCCCCCO)c(Cl)c1. The molecule has 0 fully saturated rings. The van der Waals surface area contributed by atoms with E-state index in [2.05, 4.69) is 0 Å². The van der Waals surface area contributed by atoms with E-state index in [0.717, 1.165) is 19.3 Å². The fraction of sp³-hybridized carbons (Fsp3) is 0.455. The summed E-state index contributed by atoms with van der Waals surface area (Å²) in [7, 11) is 0. The van der Waals surface area contributed by atoms with Gasteiger partial charge >= 0.3 is 0 Å². The molecule has 0 spiro atoms. The molecule has 0 aromatic heterocycles. The van der Waals surface area contributed by atoms with Crippen LogP contribution in [0.1, 0.15) is 19.3 Å². The van der Waals surface area contributed by atoms with Gasteiger partial charge in [0.15, 0.2) is 5.75 Å². The van der Waals surface area contributed by atoms with E-state index in [4.69, 9.17) is 38.8 Å². The fourth-order valence-electron chi connectivity index (χ4n) is 1.28. The molecule has 1 aromatic carbocycles. The van der Waals surface area contributed by atoms with E-state index in [9.17, 15) is 0 Å². The third-order valence-corrected chi connectivity index (χ3v) is 2.63. The Hall–Kier alpha value is -0.640. The van der Waals surface area contributed by atoms with E-state index in [0.29, 0.717) is 28.1 Å². The van der Waals surface area contributed by atoms with Crippen molar-refractivity contribution in [1.82, 2.24) is 0 Å². The van der Waals surface area contributed by atoms with Gasteiger partial charge in [0.1, 0.15) is 0 Å². The Morgan fingerprint density at radius 3 is 2.31 bits per heavy atom. The molecular weight excluding hydrogens is 249 g/mol. The Morgan fingerprint density at radius 2 is 1.75 bits per heavy atom. The van der Waals surface area contributed by atoms with Crippen LogP contribution < -0.4 is 10.5 Å². The summed E-state index contributed by atoms with van der Waals surface area (Å²) >= 11 is 11.9. The van der Waals surface area contributed by atoms with E-state index < -0.39 is 0 Å². The van der Waals surface area contributed by atoms with Crippen molar-refractivity contribution in [3.63, 3.8) is 0 Å². The number of nitrogens with two attached hydrogens (primary N) is 1. The standard InChI is InChI=1S/C11H15Cl2NO2/c12-9-6-8(14)7-10(13)11(9)16-5-3-1-2-4-15/h6-7,15H,1-5,14H2. The van der Waals surface area contributed by atoms with Crippen LogP contribution in [0.5, 0.6) is 5.75 Å². The molecule has 1 aromatic rings. The zero-order chi connectivity index (χ0) is 12.0. The molecule has 0 saturated carbocycles. The van der Waals surface area contributed by atoms with Gasteiger partial charge < -0.3 is 15.6 Å². The van der Waals surface area contributed by atoms with Crippen molar-refractivity contribution in [2.75, 3.05) is 18.9 Å². The number of hydrogen-bond donors (Lipinski definition) is 2. The first-order valence-corrected chi connectivity index (χ1v) is 5.89. The molecule has 5 heteroatoms. The lowest BCUT2D eigenvalue weighted by atomic mass is 10.2. The highest BCUT2D eigenvalue weighted by molar-refractivity contribution is 6.37. The molecule has 0 atom stereocenters. The van der Waals surface area contributed by atoms with Crippen LogP contribution >= 0.6 is 23.2 Å². The fourth-order valence-corrected chi connectivity index (χ4v) is 1.90. The second-order valence-electron chi connectivity index (χ2n) is 3.45. The predicted molar refractivity (Wildman–Crippen MR) is 67.3 cm³/mol. The minimum Gasteiger partial charge on any atom is -0.490 e. The minimum absolute atomic E-state index is 0.212. The van der Waals surface area contributed by atoms with Gasteiger partial charge in [-0.3, -0.25) is 0 Å². The summed E-state index contributed by atoms with van der Waals surface area (Å²) in [5, 5.41) is 9.45. The molecule has 0 saturated heterocycles. The van der Waals surface area contributed by atoms with Gasteiger partial charge in [-0.25, -0.2) is 0 Å². The normalized spacial score (nSPS) is 10.4. The maximum Gasteiger partial charge on any atom is 0.156 e. The smallest absolute Gasteiger partial charge is 0.156 e. The second kappa shape index (κ2) is 6.84. The number of halogens is 2. The van der Waals surface area contributed by atoms with Crippen molar-refractivity contribution in [2.45, 2.75) is 19.3 Å². The molecule has 1 rings (SSSR count). The first-order valence-electron chi connectivity index (χ1n) is 5.13. The molecule has 0 amide bonds. The van der Waals surface area contributed by atoms with Gasteiger partial charge in [0.05, 0.1) is 16.7 Å². The number of rotatable bonds is 6. The third kappa shape index (κ3) is 4.08. The number of ether oxygens (including phenoxy) is 1. The Balaban J connectivity index is 2.47. The van der Waals surface area contributed by atoms with Crippen molar-refractivity contribution >= 4 is 28.9 Å². The van der Waals surface area contributed by atoms with Gasteiger partial charge in [-0.15, -0.1) is 0 Å². The quantitative estimate of drug-likeness (QED) is 0.613. The molecule has 90 valence electrons. The Labute approximate surface area is 105 Å². The molecule has 0 bridgehead atoms. The molecule has 3 nitrogen and oxygen atoms in total. The van der Waals surface area contributed by atoms with Crippen molar-refractivity contribution in [1.29, 1.82) is 0 Å². The molecule has 0 unspecified atom stereocenters. The van der Waals surface area contributed by atoms with Crippen molar-refractivity contribution in [3.05, 3.63) is 22.2 Å². The van der Waals surface area contributed by atoms with Crippen LogP contribution in [0.25, 0.3) is 0 Å². The summed E-state index contributed by atoms with van der Waals surface area (Å²) in [6, 6.07) is 3.22. The Morgan fingerprint density at radius 1 is 1.12 bits per heavy atom. The molecule has 0 radical (unpaired) electrons. The number of aliphatic hydroxyl groups excluding tert-OH is 1. The predicted octanol–water partition coefficient (Wildman–Crippen LogP) is 3.12. The minimum atomic E-state index is 0.212. The zero-order valence-corrected chi connectivity index (χ0v) is 10.4. The summed E-state index contributed by atoms with van der Waals surface area (Å²) in [6.07, 6.45) is 2.56. The van der Waals surface area contributed by atoms with Gasteiger partial charge in [-0.1, -0.05) is 23.2 Å². The molecular formula is C11H15Cl2NO2. The molecule has 0 aliphatic heterocycles. The lowest BCUT2D eigenvalue weighted by Crippen LogP contribution is -1.99. The number of nitrogen functional groups attached to an aromatic ring is 1. The van der Waals surface area contributed by atoms with E-state index >= 15 is 0 Å². The summed E-state index contributed by atoms with van der Waals surface area (Å²) in [5.74, 6) is 0.474. The van der Waals surface area contributed by atoms with Crippen LogP contribution in [0.15, 0.2) is 12.1 Å². The van der Waals surface area contributed by atoms with Crippen LogP contribution in [0.3, 0.4) is 0 Å². The van der Waals surface area contributed by atoms with Crippen LogP contribution in [-0.4, -0.2) is 18.3 Å². The lowest BCUT2D eigenvalue weighted by Gasteiger charge is -2.10. The second-order valence-corrected chi connectivity index (χ2v) is 4.26. The monoisotopic (exact) mass is 263 g/mol. The topological polar surface area (TPSA) is 55.5 Å². The first kappa shape index (κ1) is 13.4. The molecule has 16 heavy (non-hydrogen) atoms. The number of benzene rings is 1. The summed E-state index contributed by atoms with van der Waals surface area (Å²) in [4.78, 5) is 0.